The lowest BCUT2D eigenvalue weighted by molar-refractivity contribution is -0.142. The molecule has 1 aromatic heterocycles. The first kappa shape index (κ1) is 15.9. The lowest BCUT2D eigenvalue weighted by Gasteiger charge is -2.18. The van der Waals surface area contributed by atoms with Gasteiger partial charge in [-0.2, -0.15) is 4.68 Å². The van der Waals surface area contributed by atoms with Crippen LogP contribution in [-0.2, 0) is 4.79 Å². The van der Waals surface area contributed by atoms with Gasteiger partial charge in [0.05, 0.1) is 13.0 Å². The highest BCUT2D eigenvalue weighted by atomic mass is 16.5. The third-order valence-corrected chi connectivity index (χ3v) is 4.19. The predicted octanol–water partition coefficient (Wildman–Crippen LogP) is 0.654. The van der Waals surface area contributed by atoms with E-state index in [2.05, 4.69) is 20.8 Å². The summed E-state index contributed by atoms with van der Waals surface area (Å²) in [5.74, 6) is -1.22. The van der Waals surface area contributed by atoms with E-state index in [4.69, 9.17) is 4.74 Å². The van der Waals surface area contributed by atoms with Crippen LogP contribution < -0.4 is 10.1 Å². The Hall–Kier alpha value is -2.97. The van der Waals surface area contributed by atoms with E-state index in [-0.39, 0.29) is 11.9 Å². The van der Waals surface area contributed by atoms with Crippen LogP contribution in [0.4, 0.5) is 0 Å². The molecule has 2 atom stereocenters. The Morgan fingerprint density at radius 2 is 2.21 bits per heavy atom. The van der Waals surface area contributed by atoms with Crippen molar-refractivity contribution in [3.05, 3.63) is 30.1 Å². The molecule has 2 N–H and O–H groups in total. The first-order valence-electron chi connectivity index (χ1n) is 7.55. The second kappa shape index (κ2) is 6.65. The van der Waals surface area contributed by atoms with Crippen LogP contribution in [0, 0.1) is 5.92 Å². The number of ether oxygens (including phenoxy) is 1. The Labute approximate surface area is 137 Å². The van der Waals surface area contributed by atoms with Crippen LogP contribution in [-0.4, -0.2) is 50.3 Å². The lowest BCUT2D eigenvalue weighted by Crippen LogP contribution is -2.40. The number of carboxylic acids is 1. The summed E-state index contributed by atoms with van der Waals surface area (Å²) in [6.45, 7) is 0. The van der Waals surface area contributed by atoms with E-state index in [9.17, 15) is 14.7 Å². The van der Waals surface area contributed by atoms with Crippen molar-refractivity contribution in [2.24, 2.45) is 5.92 Å². The first-order valence-corrected chi connectivity index (χ1v) is 7.55. The Morgan fingerprint density at radius 1 is 1.38 bits per heavy atom. The van der Waals surface area contributed by atoms with Crippen molar-refractivity contribution in [2.75, 3.05) is 7.11 Å². The summed E-state index contributed by atoms with van der Waals surface area (Å²) in [7, 11) is 1.51. The fraction of sp³-hybridized carbons (Fsp3) is 0.400. The van der Waals surface area contributed by atoms with Crippen LogP contribution in [0.2, 0.25) is 0 Å². The maximum absolute atomic E-state index is 12.5. The first-order chi connectivity index (χ1) is 11.6. The number of hydrogen-bond donors (Lipinski definition) is 2. The molecule has 9 nitrogen and oxygen atoms in total. The molecule has 1 aliphatic carbocycles. The molecule has 126 valence electrons. The van der Waals surface area contributed by atoms with Gasteiger partial charge in [-0.25, -0.2) is 0 Å². The number of amides is 1. The number of benzene rings is 1. The minimum absolute atomic E-state index is 0.329. The maximum atomic E-state index is 12.5. The molecule has 0 radical (unpaired) electrons. The molecule has 0 bridgehead atoms. The van der Waals surface area contributed by atoms with Crippen molar-refractivity contribution in [1.82, 2.24) is 25.5 Å². The molecule has 0 unspecified atom stereocenters. The third kappa shape index (κ3) is 3.05. The molecular formula is C15H17N5O4. The number of nitrogens with one attached hydrogen (secondary N) is 1. The molecule has 3 rings (SSSR count). The summed E-state index contributed by atoms with van der Waals surface area (Å²) in [5.41, 5.74) is 0.911. The second-order valence-corrected chi connectivity index (χ2v) is 5.60. The number of rotatable bonds is 5. The minimum Gasteiger partial charge on any atom is -0.494 e. The fourth-order valence-corrected chi connectivity index (χ4v) is 2.96. The molecule has 9 heteroatoms. The molecule has 0 saturated heterocycles. The molecule has 1 aromatic carbocycles. The Kier molecular flexibility index (Phi) is 4.41. The molecule has 1 saturated carbocycles. The zero-order valence-corrected chi connectivity index (χ0v) is 13.0. The van der Waals surface area contributed by atoms with E-state index in [0.29, 0.717) is 29.8 Å². The molecular weight excluding hydrogens is 314 g/mol. The van der Waals surface area contributed by atoms with E-state index >= 15 is 0 Å². The molecule has 1 heterocycles. The fourth-order valence-electron chi connectivity index (χ4n) is 2.96. The lowest BCUT2D eigenvalue weighted by atomic mass is 10.0. The van der Waals surface area contributed by atoms with Crippen molar-refractivity contribution in [2.45, 2.75) is 25.3 Å². The van der Waals surface area contributed by atoms with Crippen LogP contribution >= 0.6 is 0 Å². The van der Waals surface area contributed by atoms with Crippen LogP contribution in [0.1, 0.15) is 29.6 Å². The SMILES string of the molecule is COc1ccc(C(=O)N[C@@H]2CCC[C@@H]2C(=O)O)cc1-n1cnnn1. The molecule has 1 amide bonds. The zero-order chi connectivity index (χ0) is 17.1. The third-order valence-electron chi connectivity index (χ3n) is 4.19. The number of methoxy groups -OCH3 is 1. The number of carbonyl (C=O) groups is 2. The van der Waals surface area contributed by atoms with Crippen LogP contribution in [0.5, 0.6) is 5.75 Å². The number of carbonyl (C=O) groups excluding carboxylic acids is 1. The van der Waals surface area contributed by atoms with Crippen molar-refractivity contribution in [3.63, 3.8) is 0 Å². The quantitative estimate of drug-likeness (QED) is 0.825. The number of nitrogens with zero attached hydrogens (tertiary/aromatic N) is 4. The summed E-state index contributed by atoms with van der Waals surface area (Å²) < 4.78 is 6.65. The van der Waals surface area contributed by atoms with Gasteiger partial charge < -0.3 is 15.2 Å². The van der Waals surface area contributed by atoms with Gasteiger partial charge >= 0.3 is 5.97 Å². The standard InChI is InChI=1S/C15H17N5O4/c1-24-13-6-5-9(7-12(13)20-8-16-18-19-20)14(21)17-11-4-2-3-10(11)15(22)23/h5-8,10-11H,2-4H2,1H3,(H,17,21)(H,22,23)/t10-,11+/m0/s1. The summed E-state index contributed by atoms with van der Waals surface area (Å²) in [6, 6.07) is 4.52. The molecule has 0 aliphatic heterocycles. The number of hydrogen-bond acceptors (Lipinski definition) is 6. The number of aromatic nitrogens is 4. The summed E-state index contributed by atoms with van der Waals surface area (Å²) >= 11 is 0. The van der Waals surface area contributed by atoms with Crippen LogP contribution in [0.3, 0.4) is 0 Å². The smallest absolute Gasteiger partial charge is 0.308 e. The van der Waals surface area contributed by atoms with Crippen molar-refractivity contribution in [3.8, 4) is 11.4 Å². The molecule has 1 aliphatic rings. The average molecular weight is 331 g/mol. The molecule has 0 spiro atoms. The largest absolute Gasteiger partial charge is 0.494 e. The van der Waals surface area contributed by atoms with E-state index < -0.39 is 11.9 Å². The molecule has 24 heavy (non-hydrogen) atoms. The van der Waals surface area contributed by atoms with Gasteiger partial charge in [0.25, 0.3) is 5.91 Å². The van der Waals surface area contributed by atoms with E-state index in [0.717, 1.165) is 6.42 Å². The summed E-state index contributed by atoms with van der Waals surface area (Å²) in [4.78, 5) is 23.7. The van der Waals surface area contributed by atoms with E-state index in [1.807, 2.05) is 0 Å². The van der Waals surface area contributed by atoms with E-state index in [1.54, 1.807) is 18.2 Å². The summed E-state index contributed by atoms with van der Waals surface area (Å²) in [5, 5.41) is 23.0. The number of tetrazole rings is 1. The van der Waals surface area contributed by atoms with Crippen LogP contribution in [0.15, 0.2) is 24.5 Å². The molecule has 2 aromatic rings. The van der Waals surface area contributed by atoms with Crippen molar-refractivity contribution >= 4 is 11.9 Å². The predicted molar refractivity (Wildman–Crippen MR) is 81.9 cm³/mol. The number of aliphatic carboxylic acids is 1. The van der Waals surface area contributed by atoms with Crippen molar-refractivity contribution in [1.29, 1.82) is 0 Å². The Morgan fingerprint density at radius 3 is 2.88 bits per heavy atom. The topological polar surface area (TPSA) is 119 Å². The highest BCUT2D eigenvalue weighted by Gasteiger charge is 2.34. The van der Waals surface area contributed by atoms with E-state index in [1.165, 1.54) is 18.1 Å². The normalized spacial score (nSPS) is 19.9. The van der Waals surface area contributed by atoms with Gasteiger partial charge in [0.2, 0.25) is 0 Å². The van der Waals surface area contributed by atoms with Gasteiger partial charge in [0, 0.05) is 11.6 Å². The Bertz CT molecular complexity index is 746. The second-order valence-electron chi connectivity index (χ2n) is 5.60. The summed E-state index contributed by atoms with van der Waals surface area (Å²) in [6.07, 6.45) is 3.44. The van der Waals surface area contributed by atoms with Gasteiger partial charge in [-0.1, -0.05) is 6.42 Å². The average Bonchev–Trinajstić information content (AvgIpc) is 3.25. The van der Waals surface area contributed by atoms with Crippen molar-refractivity contribution < 1.29 is 19.4 Å². The van der Waals surface area contributed by atoms with Gasteiger partial charge in [-0.15, -0.1) is 5.10 Å². The van der Waals surface area contributed by atoms with Crippen LogP contribution in [0.25, 0.3) is 5.69 Å². The zero-order valence-electron chi connectivity index (χ0n) is 13.0. The van der Waals surface area contributed by atoms with Gasteiger partial charge in [-0.05, 0) is 41.5 Å². The van der Waals surface area contributed by atoms with Gasteiger partial charge in [0.1, 0.15) is 17.8 Å². The maximum Gasteiger partial charge on any atom is 0.308 e. The monoisotopic (exact) mass is 331 g/mol. The minimum atomic E-state index is -0.873. The highest BCUT2D eigenvalue weighted by Crippen LogP contribution is 2.27. The molecule has 1 fully saturated rings. The highest BCUT2D eigenvalue weighted by molar-refractivity contribution is 5.95. The van der Waals surface area contributed by atoms with Gasteiger partial charge in [0.15, 0.2) is 0 Å². The Balaban J connectivity index is 1.83. The van der Waals surface area contributed by atoms with Gasteiger partial charge in [-0.3, -0.25) is 9.59 Å². The number of carboxylic acid groups (broad SMARTS) is 1.